The number of amides is 1. The zero-order chi connectivity index (χ0) is 15.4. The van der Waals surface area contributed by atoms with Crippen LogP contribution in [0, 0.1) is 0 Å². The number of halogens is 1. The van der Waals surface area contributed by atoms with Gasteiger partial charge in [0.15, 0.2) is 0 Å². The van der Waals surface area contributed by atoms with Crippen LogP contribution in [-0.2, 0) is 0 Å². The first-order valence-corrected chi connectivity index (χ1v) is 6.93. The molecule has 0 bridgehead atoms. The Hall–Kier alpha value is -2.21. The number of nitrogen functional groups attached to an aromatic ring is 1. The molecule has 6 heteroatoms. The van der Waals surface area contributed by atoms with Crippen LogP contribution in [0.5, 0.6) is 11.5 Å². The Morgan fingerprint density at radius 2 is 1.76 bits per heavy atom. The smallest absolute Gasteiger partial charge is 0.259 e. The van der Waals surface area contributed by atoms with Gasteiger partial charge in [-0.15, -0.1) is 0 Å². The van der Waals surface area contributed by atoms with E-state index >= 15 is 0 Å². The van der Waals surface area contributed by atoms with Crippen molar-refractivity contribution in [2.75, 3.05) is 25.3 Å². The van der Waals surface area contributed by atoms with Crippen LogP contribution in [-0.4, -0.2) is 20.1 Å². The highest BCUT2D eigenvalue weighted by molar-refractivity contribution is 9.10. The molecule has 3 N–H and O–H groups in total. The van der Waals surface area contributed by atoms with Gasteiger partial charge in [-0.3, -0.25) is 4.79 Å². The summed E-state index contributed by atoms with van der Waals surface area (Å²) in [4.78, 5) is 12.3. The van der Waals surface area contributed by atoms with E-state index < -0.39 is 0 Å². The first-order valence-electron chi connectivity index (χ1n) is 6.13. The molecule has 0 aliphatic heterocycles. The van der Waals surface area contributed by atoms with Crippen molar-refractivity contribution in [1.29, 1.82) is 0 Å². The maximum absolute atomic E-state index is 12.3. The lowest BCUT2D eigenvalue weighted by Crippen LogP contribution is -2.13. The number of nitrogens with two attached hydrogens (primary N) is 1. The van der Waals surface area contributed by atoms with Crippen molar-refractivity contribution in [3.05, 3.63) is 46.4 Å². The Kier molecular flexibility index (Phi) is 4.70. The van der Waals surface area contributed by atoms with Gasteiger partial charge in [-0.25, -0.2) is 0 Å². The average Bonchev–Trinajstić information content (AvgIpc) is 2.47. The van der Waals surface area contributed by atoms with Crippen LogP contribution >= 0.6 is 15.9 Å². The van der Waals surface area contributed by atoms with Gasteiger partial charge < -0.3 is 20.5 Å². The lowest BCUT2D eigenvalue weighted by atomic mass is 10.1. The number of carbonyl (C=O) groups excluding carboxylic acids is 1. The molecule has 0 saturated heterocycles. The second-order valence-corrected chi connectivity index (χ2v) is 5.17. The lowest BCUT2D eigenvalue weighted by molar-refractivity contribution is 0.102. The van der Waals surface area contributed by atoms with E-state index in [9.17, 15) is 4.79 Å². The fourth-order valence-corrected chi connectivity index (χ4v) is 2.23. The van der Waals surface area contributed by atoms with Crippen molar-refractivity contribution in [3.8, 4) is 11.5 Å². The fraction of sp³-hybridized carbons (Fsp3) is 0.133. The monoisotopic (exact) mass is 350 g/mol. The molecule has 2 rings (SSSR count). The van der Waals surface area contributed by atoms with Gasteiger partial charge >= 0.3 is 0 Å². The van der Waals surface area contributed by atoms with Crippen molar-refractivity contribution in [2.45, 2.75) is 0 Å². The summed E-state index contributed by atoms with van der Waals surface area (Å²) in [5.41, 5.74) is 7.29. The van der Waals surface area contributed by atoms with Gasteiger partial charge in [0.25, 0.3) is 5.91 Å². The molecular weight excluding hydrogens is 336 g/mol. The van der Waals surface area contributed by atoms with Gasteiger partial charge in [-0.05, 0) is 36.4 Å². The van der Waals surface area contributed by atoms with Crippen molar-refractivity contribution in [1.82, 2.24) is 0 Å². The molecule has 0 heterocycles. The Labute approximate surface area is 131 Å². The molecule has 0 aromatic heterocycles. The van der Waals surface area contributed by atoms with Crippen molar-refractivity contribution in [3.63, 3.8) is 0 Å². The lowest BCUT2D eigenvalue weighted by Gasteiger charge is -2.11. The SMILES string of the molecule is COc1ccc(NC(=O)c2cc(Br)ccc2OC)cc1N. The van der Waals surface area contributed by atoms with E-state index in [0.717, 1.165) is 4.47 Å². The standard InChI is InChI=1S/C15H15BrN2O3/c1-20-13-5-3-9(16)7-11(13)15(19)18-10-4-6-14(21-2)12(17)8-10/h3-8H,17H2,1-2H3,(H,18,19). The van der Waals surface area contributed by atoms with Gasteiger partial charge in [-0.2, -0.15) is 0 Å². The van der Waals surface area contributed by atoms with Gasteiger partial charge in [0.2, 0.25) is 0 Å². The molecule has 0 saturated carbocycles. The second-order valence-electron chi connectivity index (χ2n) is 4.26. The number of hydrogen-bond donors (Lipinski definition) is 2. The molecule has 5 nitrogen and oxygen atoms in total. The number of hydrogen-bond acceptors (Lipinski definition) is 4. The van der Waals surface area contributed by atoms with Crippen molar-refractivity contribution in [2.24, 2.45) is 0 Å². The highest BCUT2D eigenvalue weighted by Crippen LogP contribution is 2.27. The van der Waals surface area contributed by atoms with Crippen molar-refractivity contribution < 1.29 is 14.3 Å². The first kappa shape index (κ1) is 15.2. The molecule has 0 atom stereocenters. The van der Waals surface area contributed by atoms with Crippen LogP contribution in [0.4, 0.5) is 11.4 Å². The third kappa shape index (κ3) is 3.46. The predicted molar refractivity (Wildman–Crippen MR) is 86.1 cm³/mol. The molecule has 2 aromatic rings. The van der Waals surface area contributed by atoms with Crippen LogP contribution in [0.3, 0.4) is 0 Å². The maximum Gasteiger partial charge on any atom is 0.259 e. The summed E-state index contributed by atoms with van der Waals surface area (Å²) >= 11 is 3.34. The quantitative estimate of drug-likeness (QED) is 0.829. The third-order valence-corrected chi connectivity index (χ3v) is 3.39. The molecule has 0 unspecified atom stereocenters. The summed E-state index contributed by atoms with van der Waals surface area (Å²) in [5, 5.41) is 2.78. The molecule has 0 aliphatic rings. The number of rotatable bonds is 4. The van der Waals surface area contributed by atoms with Gasteiger partial charge in [0.05, 0.1) is 25.5 Å². The molecule has 2 aromatic carbocycles. The van der Waals surface area contributed by atoms with Crippen molar-refractivity contribution >= 4 is 33.2 Å². The van der Waals surface area contributed by atoms with E-state index in [0.29, 0.717) is 28.4 Å². The highest BCUT2D eigenvalue weighted by atomic mass is 79.9. The summed E-state index contributed by atoms with van der Waals surface area (Å²) in [6.45, 7) is 0. The fourth-order valence-electron chi connectivity index (χ4n) is 1.87. The molecule has 0 spiro atoms. The Bertz CT molecular complexity index is 674. The van der Waals surface area contributed by atoms with Crippen LogP contribution < -0.4 is 20.5 Å². The molecule has 110 valence electrons. The summed E-state index contributed by atoms with van der Waals surface area (Å²) < 4.78 is 11.1. The van der Waals surface area contributed by atoms with E-state index in [1.807, 2.05) is 0 Å². The summed E-state index contributed by atoms with van der Waals surface area (Å²) in [6.07, 6.45) is 0. The predicted octanol–water partition coefficient (Wildman–Crippen LogP) is 3.30. The topological polar surface area (TPSA) is 73.6 Å². The van der Waals surface area contributed by atoms with Gasteiger partial charge in [0, 0.05) is 10.2 Å². The second kappa shape index (κ2) is 6.49. The Morgan fingerprint density at radius 1 is 1.10 bits per heavy atom. The molecule has 0 radical (unpaired) electrons. The number of nitrogens with one attached hydrogen (secondary N) is 1. The Morgan fingerprint density at radius 3 is 2.38 bits per heavy atom. The molecule has 21 heavy (non-hydrogen) atoms. The minimum Gasteiger partial charge on any atom is -0.496 e. The Balaban J connectivity index is 2.26. The molecule has 0 fully saturated rings. The highest BCUT2D eigenvalue weighted by Gasteiger charge is 2.13. The number of anilines is 2. The van der Waals surface area contributed by atoms with Crippen LogP contribution in [0.15, 0.2) is 40.9 Å². The molecule has 0 aliphatic carbocycles. The van der Waals surface area contributed by atoms with E-state index in [1.165, 1.54) is 14.2 Å². The van der Waals surface area contributed by atoms with Gasteiger partial charge in [-0.1, -0.05) is 15.9 Å². The van der Waals surface area contributed by atoms with E-state index in [-0.39, 0.29) is 5.91 Å². The normalized spacial score (nSPS) is 10.0. The zero-order valence-electron chi connectivity index (χ0n) is 11.6. The summed E-state index contributed by atoms with van der Waals surface area (Å²) in [7, 11) is 3.06. The van der Waals surface area contributed by atoms with E-state index in [1.54, 1.807) is 36.4 Å². The van der Waals surface area contributed by atoms with E-state index in [2.05, 4.69) is 21.2 Å². The van der Waals surface area contributed by atoms with Gasteiger partial charge in [0.1, 0.15) is 11.5 Å². The van der Waals surface area contributed by atoms with Crippen LogP contribution in [0.25, 0.3) is 0 Å². The van der Waals surface area contributed by atoms with Crippen LogP contribution in [0.1, 0.15) is 10.4 Å². The molecular formula is C15H15BrN2O3. The largest absolute Gasteiger partial charge is 0.496 e. The number of ether oxygens (including phenoxy) is 2. The minimum absolute atomic E-state index is 0.280. The van der Waals surface area contributed by atoms with Crippen LogP contribution in [0.2, 0.25) is 0 Å². The number of methoxy groups -OCH3 is 2. The molecule has 1 amide bonds. The zero-order valence-corrected chi connectivity index (χ0v) is 13.2. The van der Waals surface area contributed by atoms with E-state index in [4.69, 9.17) is 15.2 Å². The minimum atomic E-state index is -0.280. The number of benzene rings is 2. The summed E-state index contributed by atoms with van der Waals surface area (Å²) in [6, 6.07) is 10.3. The third-order valence-electron chi connectivity index (χ3n) is 2.89. The maximum atomic E-state index is 12.3. The number of carbonyl (C=O) groups is 1. The first-order chi connectivity index (χ1) is 10.0. The summed E-state index contributed by atoms with van der Waals surface area (Å²) in [5.74, 6) is 0.780. The average molecular weight is 351 g/mol.